The van der Waals surface area contributed by atoms with Gasteiger partial charge in [0.05, 0.1) is 13.2 Å². The molecule has 0 saturated carbocycles. The van der Waals surface area contributed by atoms with Crippen molar-refractivity contribution in [3.05, 3.63) is 35.9 Å². The first-order valence-corrected chi connectivity index (χ1v) is 7.84. The molecule has 6 nitrogen and oxygen atoms in total. The van der Waals surface area contributed by atoms with Crippen LogP contribution in [0.25, 0.3) is 0 Å². The van der Waals surface area contributed by atoms with Crippen molar-refractivity contribution in [2.24, 2.45) is 0 Å². The van der Waals surface area contributed by atoms with Crippen LogP contribution in [0.4, 0.5) is 0 Å². The van der Waals surface area contributed by atoms with Crippen molar-refractivity contribution in [2.45, 2.75) is 56.9 Å². The molecule has 2 fully saturated rings. The van der Waals surface area contributed by atoms with Crippen LogP contribution in [0.2, 0.25) is 0 Å². The van der Waals surface area contributed by atoms with Gasteiger partial charge in [0.2, 0.25) is 0 Å². The molecule has 0 radical (unpaired) electrons. The third kappa shape index (κ3) is 3.74. The van der Waals surface area contributed by atoms with Crippen molar-refractivity contribution in [2.75, 3.05) is 13.7 Å². The molecule has 0 aromatic heterocycles. The first-order chi connectivity index (χ1) is 11.0. The van der Waals surface area contributed by atoms with Crippen molar-refractivity contribution in [1.29, 1.82) is 0 Å². The van der Waals surface area contributed by atoms with Gasteiger partial charge < -0.3 is 28.8 Å². The highest BCUT2D eigenvalue weighted by molar-refractivity contribution is 5.13. The van der Waals surface area contributed by atoms with Crippen LogP contribution < -0.4 is 0 Å². The van der Waals surface area contributed by atoms with Gasteiger partial charge in [0.1, 0.15) is 24.4 Å². The fourth-order valence-corrected chi connectivity index (χ4v) is 3.06. The summed E-state index contributed by atoms with van der Waals surface area (Å²) in [5.41, 5.74) is 1.06. The van der Waals surface area contributed by atoms with Crippen LogP contribution in [0.5, 0.6) is 0 Å². The van der Waals surface area contributed by atoms with E-state index in [2.05, 4.69) is 0 Å². The standard InChI is InChI=1S/C17H24O6/c1-17(2)22-14-13(21-16(19-3)15(14)23-17)12(18)10-20-9-11-7-5-4-6-8-11/h4-8,12-16,18H,9-10H2,1-3H3/t12?,13-,14+,15+,16+/m1/s1. The lowest BCUT2D eigenvalue weighted by Crippen LogP contribution is -2.41. The fourth-order valence-electron chi connectivity index (χ4n) is 3.06. The Kier molecular flexibility index (Phi) is 5.01. The Hall–Kier alpha value is -1.02. The number of aliphatic hydroxyl groups is 1. The van der Waals surface area contributed by atoms with E-state index in [0.29, 0.717) is 6.61 Å². The van der Waals surface area contributed by atoms with E-state index < -0.39 is 24.3 Å². The molecule has 0 aliphatic carbocycles. The number of hydrogen-bond donors (Lipinski definition) is 1. The molecule has 2 aliphatic heterocycles. The molecule has 1 unspecified atom stereocenters. The van der Waals surface area contributed by atoms with E-state index >= 15 is 0 Å². The van der Waals surface area contributed by atoms with Crippen LogP contribution in [-0.4, -0.2) is 55.3 Å². The zero-order chi connectivity index (χ0) is 16.4. The summed E-state index contributed by atoms with van der Waals surface area (Å²) in [4.78, 5) is 0. The number of fused-ring (bicyclic) bond motifs is 1. The van der Waals surface area contributed by atoms with Crippen molar-refractivity contribution in [1.82, 2.24) is 0 Å². The zero-order valence-corrected chi connectivity index (χ0v) is 13.7. The molecule has 3 rings (SSSR count). The quantitative estimate of drug-likeness (QED) is 0.854. The first kappa shape index (κ1) is 16.8. The summed E-state index contributed by atoms with van der Waals surface area (Å²) in [5.74, 6) is -0.710. The summed E-state index contributed by atoms with van der Waals surface area (Å²) in [5, 5.41) is 10.4. The Bertz CT molecular complexity index is 505. The normalized spacial score (nSPS) is 33.6. The maximum atomic E-state index is 10.4. The van der Waals surface area contributed by atoms with Gasteiger partial charge in [-0.15, -0.1) is 0 Å². The van der Waals surface area contributed by atoms with Gasteiger partial charge in [0.15, 0.2) is 12.1 Å². The van der Waals surface area contributed by atoms with Gasteiger partial charge in [-0.05, 0) is 19.4 Å². The number of methoxy groups -OCH3 is 1. The molecule has 0 spiro atoms. The number of aliphatic hydroxyl groups excluding tert-OH is 1. The van der Waals surface area contributed by atoms with Gasteiger partial charge in [-0.25, -0.2) is 0 Å². The second kappa shape index (κ2) is 6.84. The van der Waals surface area contributed by atoms with Crippen molar-refractivity contribution < 1.29 is 28.8 Å². The Morgan fingerprint density at radius 3 is 2.57 bits per heavy atom. The molecular weight excluding hydrogens is 300 g/mol. The minimum Gasteiger partial charge on any atom is -0.388 e. The topological polar surface area (TPSA) is 66.4 Å². The van der Waals surface area contributed by atoms with Gasteiger partial charge in [-0.1, -0.05) is 30.3 Å². The SMILES string of the molecule is CO[C@H]1O[C@H](C(O)COCc2ccccc2)[C@@H]2OC(C)(C)O[C@H]12. The highest BCUT2D eigenvalue weighted by Crippen LogP contribution is 2.39. The Morgan fingerprint density at radius 1 is 1.17 bits per heavy atom. The van der Waals surface area contributed by atoms with Gasteiger partial charge in [0, 0.05) is 7.11 Å². The average Bonchev–Trinajstić information content (AvgIpc) is 3.01. The third-order valence-electron chi connectivity index (χ3n) is 4.06. The molecule has 0 amide bonds. The molecule has 2 heterocycles. The molecule has 0 bridgehead atoms. The summed E-state index contributed by atoms with van der Waals surface area (Å²) in [6.07, 6.45) is -2.61. The lowest BCUT2D eigenvalue weighted by molar-refractivity contribution is -0.239. The van der Waals surface area contributed by atoms with E-state index in [4.69, 9.17) is 23.7 Å². The Labute approximate surface area is 136 Å². The van der Waals surface area contributed by atoms with Crippen molar-refractivity contribution in [3.8, 4) is 0 Å². The molecule has 1 aromatic carbocycles. The summed E-state index contributed by atoms with van der Waals surface area (Å²) in [6.45, 7) is 4.28. The fraction of sp³-hybridized carbons (Fsp3) is 0.647. The summed E-state index contributed by atoms with van der Waals surface area (Å²) in [6, 6.07) is 9.82. The molecule has 2 saturated heterocycles. The van der Waals surface area contributed by atoms with Gasteiger partial charge in [-0.3, -0.25) is 0 Å². The summed E-state index contributed by atoms with van der Waals surface area (Å²) < 4.78 is 28.3. The Morgan fingerprint density at radius 2 is 1.87 bits per heavy atom. The van der Waals surface area contributed by atoms with Crippen LogP contribution in [0.1, 0.15) is 19.4 Å². The molecule has 6 heteroatoms. The molecule has 128 valence electrons. The van der Waals surface area contributed by atoms with Crippen LogP contribution in [0, 0.1) is 0 Å². The second-order valence-electron chi connectivity index (χ2n) is 6.34. The summed E-state index contributed by atoms with van der Waals surface area (Å²) >= 11 is 0. The molecule has 23 heavy (non-hydrogen) atoms. The highest BCUT2D eigenvalue weighted by Gasteiger charge is 2.57. The van der Waals surface area contributed by atoms with E-state index in [1.54, 1.807) is 7.11 Å². The van der Waals surface area contributed by atoms with Gasteiger partial charge in [-0.2, -0.15) is 0 Å². The van der Waals surface area contributed by atoms with Crippen molar-refractivity contribution >= 4 is 0 Å². The second-order valence-corrected chi connectivity index (χ2v) is 6.34. The maximum absolute atomic E-state index is 10.4. The zero-order valence-electron chi connectivity index (χ0n) is 13.7. The lowest BCUT2D eigenvalue weighted by atomic mass is 10.1. The highest BCUT2D eigenvalue weighted by atomic mass is 16.8. The predicted molar refractivity (Wildman–Crippen MR) is 81.6 cm³/mol. The van der Waals surface area contributed by atoms with Crippen LogP contribution in [-0.2, 0) is 30.3 Å². The van der Waals surface area contributed by atoms with Gasteiger partial charge in [0.25, 0.3) is 0 Å². The van der Waals surface area contributed by atoms with Crippen molar-refractivity contribution in [3.63, 3.8) is 0 Å². The van der Waals surface area contributed by atoms with E-state index in [0.717, 1.165) is 5.56 Å². The number of hydrogen-bond acceptors (Lipinski definition) is 6. The number of rotatable bonds is 6. The Balaban J connectivity index is 1.55. The van der Waals surface area contributed by atoms with Crippen LogP contribution >= 0.6 is 0 Å². The molecule has 1 N–H and O–H groups in total. The minimum absolute atomic E-state index is 0.156. The number of benzene rings is 1. The van der Waals surface area contributed by atoms with E-state index in [-0.39, 0.29) is 18.8 Å². The average molecular weight is 324 g/mol. The smallest absolute Gasteiger partial charge is 0.186 e. The van der Waals surface area contributed by atoms with E-state index in [1.165, 1.54) is 0 Å². The van der Waals surface area contributed by atoms with E-state index in [1.807, 2.05) is 44.2 Å². The monoisotopic (exact) mass is 324 g/mol. The predicted octanol–water partition coefficient (Wildman–Crippen LogP) is 1.46. The molecule has 1 aromatic rings. The largest absolute Gasteiger partial charge is 0.388 e. The van der Waals surface area contributed by atoms with Gasteiger partial charge >= 0.3 is 0 Å². The summed E-state index contributed by atoms with van der Waals surface area (Å²) in [7, 11) is 1.55. The lowest BCUT2D eigenvalue weighted by Gasteiger charge is -2.26. The number of ether oxygens (including phenoxy) is 5. The van der Waals surface area contributed by atoms with E-state index in [9.17, 15) is 5.11 Å². The molecular formula is C17H24O6. The maximum Gasteiger partial charge on any atom is 0.186 e. The molecule has 5 atom stereocenters. The van der Waals surface area contributed by atoms with Crippen LogP contribution in [0.3, 0.4) is 0 Å². The third-order valence-corrected chi connectivity index (χ3v) is 4.06. The van der Waals surface area contributed by atoms with Crippen LogP contribution in [0.15, 0.2) is 30.3 Å². The minimum atomic E-state index is -0.816. The first-order valence-electron chi connectivity index (χ1n) is 7.84. The molecule has 2 aliphatic rings.